The molecule has 1 heterocycles. The molecule has 6 nitrogen and oxygen atoms in total. The normalized spacial score (nSPS) is 10.3. The molecule has 0 aliphatic carbocycles. The number of ether oxygens (including phenoxy) is 2. The highest BCUT2D eigenvalue weighted by molar-refractivity contribution is 7.14. The van der Waals surface area contributed by atoms with Gasteiger partial charge in [0.05, 0.1) is 31.2 Å². The zero-order valence-electron chi connectivity index (χ0n) is 13.8. The van der Waals surface area contributed by atoms with Crippen LogP contribution in [0.5, 0.6) is 5.75 Å². The quantitative estimate of drug-likeness (QED) is 0.533. The summed E-state index contributed by atoms with van der Waals surface area (Å²) in [5, 5.41) is 5.85. The summed E-state index contributed by atoms with van der Waals surface area (Å²) in [4.78, 5) is 16.2. The van der Waals surface area contributed by atoms with Crippen LogP contribution in [0.25, 0.3) is 11.3 Å². The van der Waals surface area contributed by atoms with Gasteiger partial charge in [-0.2, -0.15) is 0 Å². The van der Waals surface area contributed by atoms with Crippen LogP contribution in [0.3, 0.4) is 0 Å². The predicted molar refractivity (Wildman–Crippen MR) is 99.6 cm³/mol. The van der Waals surface area contributed by atoms with Crippen LogP contribution < -0.4 is 15.8 Å². The molecule has 2 aromatic carbocycles. The lowest BCUT2D eigenvalue weighted by atomic mass is 10.1. The van der Waals surface area contributed by atoms with Crippen molar-refractivity contribution in [3.8, 4) is 17.0 Å². The lowest BCUT2D eigenvalue weighted by Gasteiger charge is -2.06. The molecule has 1 aromatic heterocycles. The molecular formula is C18H17N3O3S. The van der Waals surface area contributed by atoms with Crippen molar-refractivity contribution in [2.45, 2.75) is 0 Å². The molecule has 3 N–H and O–H groups in total. The van der Waals surface area contributed by atoms with Crippen molar-refractivity contribution in [3.05, 3.63) is 53.4 Å². The SMILES string of the molecule is COC(=O)c1cccc(Nc2nc(-c3ccc(OC)c(N)c3)cs2)c1. The summed E-state index contributed by atoms with van der Waals surface area (Å²) in [6, 6.07) is 12.6. The first kappa shape index (κ1) is 16.8. The smallest absolute Gasteiger partial charge is 0.337 e. The Balaban J connectivity index is 1.80. The zero-order valence-corrected chi connectivity index (χ0v) is 14.6. The minimum Gasteiger partial charge on any atom is -0.495 e. The number of methoxy groups -OCH3 is 2. The summed E-state index contributed by atoms with van der Waals surface area (Å²) in [5.74, 6) is 0.258. The highest BCUT2D eigenvalue weighted by Gasteiger charge is 2.09. The van der Waals surface area contributed by atoms with Crippen molar-refractivity contribution < 1.29 is 14.3 Å². The minimum absolute atomic E-state index is 0.378. The number of hydrogen-bond acceptors (Lipinski definition) is 7. The zero-order chi connectivity index (χ0) is 17.8. The van der Waals surface area contributed by atoms with Gasteiger partial charge in [-0.1, -0.05) is 6.07 Å². The van der Waals surface area contributed by atoms with Crippen molar-refractivity contribution in [1.82, 2.24) is 4.98 Å². The first-order valence-corrected chi connectivity index (χ1v) is 8.33. The molecule has 0 unspecified atom stereocenters. The van der Waals surface area contributed by atoms with Crippen molar-refractivity contribution in [3.63, 3.8) is 0 Å². The molecule has 7 heteroatoms. The highest BCUT2D eigenvalue weighted by atomic mass is 32.1. The van der Waals surface area contributed by atoms with Gasteiger partial charge >= 0.3 is 5.97 Å². The number of nitrogen functional groups attached to an aromatic ring is 1. The number of hydrogen-bond donors (Lipinski definition) is 2. The van der Waals surface area contributed by atoms with Gasteiger partial charge < -0.3 is 20.5 Å². The van der Waals surface area contributed by atoms with E-state index in [0.717, 1.165) is 16.9 Å². The lowest BCUT2D eigenvalue weighted by Crippen LogP contribution is -2.01. The maximum atomic E-state index is 11.6. The third kappa shape index (κ3) is 3.72. The van der Waals surface area contributed by atoms with Crippen LogP contribution in [-0.2, 0) is 4.74 Å². The first-order chi connectivity index (χ1) is 12.1. The van der Waals surface area contributed by atoms with E-state index in [-0.39, 0.29) is 5.97 Å². The number of carbonyl (C=O) groups excluding carboxylic acids is 1. The van der Waals surface area contributed by atoms with Crippen LogP contribution in [0.1, 0.15) is 10.4 Å². The van der Waals surface area contributed by atoms with Gasteiger partial charge in [-0.15, -0.1) is 11.3 Å². The number of nitrogens with one attached hydrogen (secondary N) is 1. The Hall–Kier alpha value is -3.06. The molecule has 0 saturated carbocycles. The summed E-state index contributed by atoms with van der Waals surface area (Å²) >= 11 is 1.46. The van der Waals surface area contributed by atoms with Crippen LogP contribution >= 0.6 is 11.3 Å². The number of nitrogens with two attached hydrogens (primary N) is 1. The number of thiazole rings is 1. The second kappa shape index (κ2) is 7.23. The topological polar surface area (TPSA) is 86.5 Å². The fraction of sp³-hybridized carbons (Fsp3) is 0.111. The summed E-state index contributed by atoms with van der Waals surface area (Å²) < 4.78 is 9.90. The lowest BCUT2D eigenvalue weighted by molar-refractivity contribution is 0.0601. The first-order valence-electron chi connectivity index (χ1n) is 7.45. The van der Waals surface area contributed by atoms with E-state index in [2.05, 4.69) is 10.3 Å². The average molecular weight is 355 g/mol. The van der Waals surface area contributed by atoms with Crippen molar-refractivity contribution in [2.24, 2.45) is 0 Å². The second-order valence-corrected chi connectivity index (χ2v) is 6.05. The van der Waals surface area contributed by atoms with E-state index >= 15 is 0 Å². The third-order valence-electron chi connectivity index (χ3n) is 3.56. The van der Waals surface area contributed by atoms with E-state index < -0.39 is 0 Å². The maximum absolute atomic E-state index is 11.6. The Morgan fingerprint density at radius 2 is 2.04 bits per heavy atom. The number of benzene rings is 2. The maximum Gasteiger partial charge on any atom is 0.337 e. The summed E-state index contributed by atoms with van der Waals surface area (Å²) in [6.45, 7) is 0. The van der Waals surface area contributed by atoms with Crippen LogP contribution in [0, 0.1) is 0 Å². The van der Waals surface area contributed by atoms with Crippen molar-refractivity contribution in [1.29, 1.82) is 0 Å². The van der Waals surface area contributed by atoms with Crippen molar-refractivity contribution in [2.75, 3.05) is 25.3 Å². The predicted octanol–water partition coefficient (Wildman–Crippen LogP) is 3.93. The molecule has 3 aromatic rings. The van der Waals surface area contributed by atoms with E-state index in [0.29, 0.717) is 22.1 Å². The molecule has 0 amide bonds. The van der Waals surface area contributed by atoms with Gasteiger partial charge in [0.2, 0.25) is 0 Å². The Kier molecular flexibility index (Phi) is 4.85. The van der Waals surface area contributed by atoms with E-state index in [1.165, 1.54) is 18.4 Å². The molecule has 0 aliphatic heterocycles. The molecule has 0 aliphatic rings. The van der Waals surface area contributed by atoms with Crippen LogP contribution in [-0.4, -0.2) is 25.2 Å². The van der Waals surface area contributed by atoms with E-state index in [1.54, 1.807) is 25.3 Å². The van der Waals surface area contributed by atoms with E-state index in [1.807, 2.05) is 29.6 Å². The van der Waals surface area contributed by atoms with Gasteiger partial charge in [0, 0.05) is 16.6 Å². The number of carbonyl (C=O) groups is 1. The monoisotopic (exact) mass is 355 g/mol. The molecule has 0 radical (unpaired) electrons. The van der Waals surface area contributed by atoms with Gasteiger partial charge in [0.1, 0.15) is 5.75 Å². The molecule has 25 heavy (non-hydrogen) atoms. The molecule has 0 saturated heterocycles. The molecule has 0 bridgehead atoms. The van der Waals surface area contributed by atoms with Gasteiger partial charge in [0.25, 0.3) is 0 Å². The molecule has 128 valence electrons. The van der Waals surface area contributed by atoms with Gasteiger partial charge in [0.15, 0.2) is 5.13 Å². The van der Waals surface area contributed by atoms with Crippen molar-refractivity contribution >= 4 is 33.8 Å². The minimum atomic E-state index is -0.378. The molecule has 3 rings (SSSR count). The summed E-state index contributed by atoms with van der Waals surface area (Å²) in [5.41, 5.74) is 9.47. The second-order valence-electron chi connectivity index (χ2n) is 5.19. The number of esters is 1. The number of nitrogens with zero attached hydrogens (tertiary/aromatic N) is 1. The molecular weight excluding hydrogens is 338 g/mol. The number of aromatic nitrogens is 1. The third-order valence-corrected chi connectivity index (χ3v) is 4.32. The Labute approximate surface area is 149 Å². The van der Waals surface area contributed by atoms with Crippen LogP contribution in [0.15, 0.2) is 47.8 Å². The standard InChI is InChI=1S/C18H17N3O3S/c1-23-16-7-6-11(9-14(16)19)15-10-25-18(21-15)20-13-5-3-4-12(8-13)17(22)24-2/h3-10H,19H2,1-2H3,(H,20,21). The van der Waals surface area contributed by atoms with Crippen LogP contribution in [0.2, 0.25) is 0 Å². The van der Waals surface area contributed by atoms with E-state index in [9.17, 15) is 4.79 Å². The average Bonchev–Trinajstić information content (AvgIpc) is 3.09. The Morgan fingerprint density at radius 1 is 1.20 bits per heavy atom. The van der Waals surface area contributed by atoms with Crippen LogP contribution in [0.4, 0.5) is 16.5 Å². The van der Waals surface area contributed by atoms with Gasteiger partial charge in [-0.05, 0) is 36.4 Å². The summed E-state index contributed by atoms with van der Waals surface area (Å²) in [7, 11) is 2.94. The fourth-order valence-corrected chi connectivity index (χ4v) is 3.06. The highest BCUT2D eigenvalue weighted by Crippen LogP contribution is 2.31. The Bertz CT molecular complexity index is 908. The molecule has 0 fully saturated rings. The number of anilines is 3. The molecule has 0 spiro atoms. The van der Waals surface area contributed by atoms with Gasteiger partial charge in [-0.25, -0.2) is 9.78 Å². The number of rotatable bonds is 5. The summed E-state index contributed by atoms with van der Waals surface area (Å²) in [6.07, 6.45) is 0. The van der Waals surface area contributed by atoms with Gasteiger partial charge in [-0.3, -0.25) is 0 Å². The fourth-order valence-electron chi connectivity index (χ4n) is 2.32. The Morgan fingerprint density at radius 3 is 2.76 bits per heavy atom. The van der Waals surface area contributed by atoms with E-state index in [4.69, 9.17) is 15.2 Å². The largest absolute Gasteiger partial charge is 0.495 e. The molecule has 0 atom stereocenters.